The number of carboxylic acid groups (broad SMARTS) is 1. The lowest BCUT2D eigenvalue weighted by Gasteiger charge is -2.29. The summed E-state index contributed by atoms with van der Waals surface area (Å²) in [4.78, 5) is 15.5. The Morgan fingerprint density at radius 3 is 2.39 bits per heavy atom. The van der Waals surface area contributed by atoms with Crippen molar-refractivity contribution in [1.82, 2.24) is 5.32 Å². The Morgan fingerprint density at radius 2 is 1.81 bits per heavy atom. The first-order chi connectivity index (χ1) is 14.4. The van der Waals surface area contributed by atoms with Gasteiger partial charge in [0.15, 0.2) is 11.7 Å². The van der Waals surface area contributed by atoms with Gasteiger partial charge in [-0.25, -0.2) is 9.18 Å². The summed E-state index contributed by atoms with van der Waals surface area (Å²) in [5.74, 6) is -1.24. The van der Waals surface area contributed by atoms with Gasteiger partial charge < -0.3 is 20.6 Å². The van der Waals surface area contributed by atoms with E-state index in [4.69, 9.17) is 44.7 Å². The maximum absolute atomic E-state index is 14.0. The fourth-order valence-corrected chi connectivity index (χ4v) is 3.56. The van der Waals surface area contributed by atoms with E-state index in [-0.39, 0.29) is 17.4 Å². The van der Waals surface area contributed by atoms with Crippen LogP contribution in [-0.2, 0) is 17.0 Å². The largest absolute Gasteiger partial charge is 0.465 e. The molecule has 0 aliphatic carbocycles. The summed E-state index contributed by atoms with van der Waals surface area (Å²) in [6, 6.07) is 5.92. The van der Waals surface area contributed by atoms with Gasteiger partial charge in [0.1, 0.15) is 0 Å². The van der Waals surface area contributed by atoms with E-state index in [0.29, 0.717) is 11.3 Å². The van der Waals surface area contributed by atoms with Crippen LogP contribution >= 0.6 is 34.8 Å². The monoisotopic (exact) mass is 499 g/mol. The number of rotatable bonds is 4. The second kappa shape index (κ2) is 8.60. The number of oxime groups is 1. The summed E-state index contributed by atoms with van der Waals surface area (Å²) in [6.07, 6.45) is -6.99. The lowest BCUT2D eigenvalue weighted by atomic mass is 9.89. The smallest absolute Gasteiger partial charge is 0.435 e. The van der Waals surface area contributed by atoms with Gasteiger partial charge in [0.25, 0.3) is 5.60 Å². The Kier molecular flexibility index (Phi) is 6.45. The molecule has 1 aliphatic rings. The van der Waals surface area contributed by atoms with Crippen molar-refractivity contribution in [2.75, 3.05) is 5.32 Å². The number of carbonyl (C=O) groups is 1. The quantitative estimate of drug-likeness (QED) is 0.347. The highest BCUT2D eigenvalue weighted by molar-refractivity contribution is 6.35. The lowest BCUT2D eigenvalue weighted by molar-refractivity contribution is -0.275. The SMILES string of the molecule is O=C(O)NCc1cc(NC2=NOC(c3cc(Cl)c(F)c(Cl)c3)(C(F)(F)F)C2)ccc1Cl. The van der Waals surface area contributed by atoms with Crippen LogP contribution < -0.4 is 10.6 Å². The van der Waals surface area contributed by atoms with Crippen LogP contribution in [0.5, 0.6) is 0 Å². The Morgan fingerprint density at radius 1 is 1.16 bits per heavy atom. The fraction of sp³-hybridized carbons (Fsp3) is 0.222. The fourth-order valence-electron chi connectivity index (χ4n) is 2.88. The molecule has 166 valence electrons. The molecule has 0 saturated heterocycles. The van der Waals surface area contributed by atoms with Gasteiger partial charge in [0.05, 0.1) is 16.5 Å². The topological polar surface area (TPSA) is 83.0 Å². The third-order valence-corrected chi connectivity index (χ3v) is 5.32. The Labute approximate surface area is 187 Å². The molecule has 0 radical (unpaired) electrons. The molecule has 0 fully saturated rings. The summed E-state index contributed by atoms with van der Waals surface area (Å²) in [5, 5.41) is 16.1. The van der Waals surface area contributed by atoms with Crippen LogP contribution in [0.15, 0.2) is 35.5 Å². The number of hydrogen-bond donors (Lipinski definition) is 3. The minimum absolute atomic E-state index is 0.119. The first-order valence-corrected chi connectivity index (χ1v) is 9.55. The molecule has 1 amide bonds. The maximum Gasteiger partial charge on any atom is 0.435 e. The van der Waals surface area contributed by atoms with Gasteiger partial charge >= 0.3 is 12.3 Å². The Bertz CT molecular complexity index is 1040. The van der Waals surface area contributed by atoms with E-state index in [2.05, 4.69) is 15.8 Å². The van der Waals surface area contributed by atoms with Crippen LogP contribution in [0.25, 0.3) is 0 Å². The number of benzene rings is 2. The van der Waals surface area contributed by atoms with E-state index in [1.807, 2.05) is 0 Å². The maximum atomic E-state index is 14.0. The number of amidine groups is 1. The second-order valence-corrected chi connectivity index (χ2v) is 7.70. The molecule has 2 aromatic rings. The molecule has 2 aromatic carbocycles. The van der Waals surface area contributed by atoms with Crippen molar-refractivity contribution in [1.29, 1.82) is 0 Å². The Balaban J connectivity index is 1.87. The summed E-state index contributed by atoms with van der Waals surface area (Å²) in [6.45, 7) is -0.119. The minimum Gasteiger partial charge on any atom is -0.465 e. The molecule has 0 saturated carbocycles. The number of anilines is 1. The third kappa shape index (κ3) is 4.76. The number of nitrogens with zero attached hydrogens (tertiary/aromatic N) is 1. The van der Waals surface area contributed by atoms with Crippen LogP contribution in [0, 0.1) is 5.82 Å². The van der Waals surface area contributed by atoms with Crippen LogP contribution in [-0.4, -0.2) is 23.2 Å². The average Bonchev–Trinajstić information content (AvgIpc) is 3.11. The molecule has 1 aliphatic heterocycles. The van der Waals surface area contributed by atoms with Crippen molar-refractivity contribution < 1.29 is 32.3 Å². The summed E-state index contributed by atoms with van der Waals surface area (Å²) < 4.78 is 55.6. The first kappa shape index (κ1) is 23.2. The summed E-state index contributed by atoms with van der Waals surface area (Å²) in [5.41, 5.74) is -2.77. The number of hydrogen-bond acceptors (Lipinski definition) is 4. The molecule has 0 spiro atoms. The van der Waals surface area contributed by atoms with Crippen molar-refractivity contribution in [3.63, 3.8) is 0 Å². The number of halogens is 7. The van der Waals surface area contributed by atoms with Crippen LogP contribution in [0.4, 0.5) is 28.0 Å². The number of alkyl halides is 3. The van der Waals surface area contributed by atoms with Gasteiger partial charge in [-0.1, -0.05) is 40.0 Å². The number of amides is 1. The summed E-state index contributed by atoms with van der Waals surface area (Å²) >= 11 is 17.3. The predicted octanol–water partition coefficient (Wildman–Crippen LogP) is 6.16. The standard InChI is InChI=1S/C18H12Cl3F4N3O3/c19-11-2-1-10(3-8(11)7-26-16(29)30)27-14-6-17(31-28-14,18(23,24)25)9-4-12(20)15(22)13(21)5-9/h1-5,26H,6-7H2,(H,27,28)(H,29,30). The highest BCUT2D eigenvalue weighted by Crippen LogP contribution is 2.49. The van der Waals surface area contributed by atoms with Gasteiger partial charge in [-0.15, -0.1) is 0 Å². The van der Waals surface area contributed by atoms with Gasteiger partial charge in [0, 0.05) is 22.8 Å². The van der Waals surface area contributed by atoms with E-state index in [9.17, 15) is 22.4 Å². The molecule has 3 rings (SSSR count). The van der Waals surface area contributed by atoms with Crippen molar-refractivity contribution in [3.05, 3.63) is 62.3 Å². The van der Waals surface area contributed by atoms with Gasteiger partial charge in [0.2, 0.25) is 0 Å². The molecule has 1 heterocycles. The molecule has 13 heteroatoms. The molecule has 3 N–H and O–H groups in total. The second-order valence-electron chi connectivity index (χ2n) is 6.47. The minimum atomic E-state index is -4.94. The van der Waals surface area contributed by atoms with Crippen molar-refractivity contribution in [2.24, 2.45) is 5.16 Å². The predicted molar refractivity (Wildman–Crippen MR) is 107 cm³/mol. The zero-order valence-corrected chi connectivity index (χ0v) is 17.4. The molecular weight excluding hydrogens is 489 g/mol. The van der Waals surface area contributed by atoms with E-state index in [0.717, 1.165) is 12.1 Å². The molecule has 1 unspecified atom stereocenters. The van der Waals surface area contributed by atoms with Gasteiger partial charge in [-0.2, -0.15) is 13.2 Å². The lowest BCUT2D eigenvalue weighted by Crippen LogP contribution is -2.43. The van der Waals surface area contributed by atoms with Crippen molar-refractivity contribution >= 4 is 52.4 Å². The highest BCUT2D eigenvalue weighted by Gasteiger charge is 2.62. The van der Waals surface area contributed by atoms with E-state index in [1.54, 1.807) is 0 Å². The Hall–Kier alpha value is -2.43. The molecule has 1 atom stereocenters. The molecule has 0 bridgehead atoms. The third-order valence-electron chi connectivity index (χ3n) is 4.40. The number of nitrogens with one attached hydrogen (secondary N) is 2. The average molecular weight is 501 g/mol. The molecule has 0 aromatic heterocycles. The van der Waals surface area contributed by atoms with Crippen LogP contribution in [0.1, 0.15) is 17.5 Å². The molecule has 31 heavy (non-hydrogen) atoms. The van der Waals surface area contributed by atoms with E-state index < -0.39 is 45.7 Å². The van der Waals surface area contributed by atoms with Gasteiger partial charge in [-0.3, -0.25) is 0 Å². The van der Waals surface area contributed by atoms with Crippen LogP contribution in [0.3, 0.4) is 0 Å². The molecule has 6 nitrogen and oxygen atoms in total. The van der Waals surface area contributed by atoms with E-state index in [1.165, 1.54) is 18.2 Å². The zero-order chi connectivity index (χ0) is 23.0. The van der Waals surface area contributed by atoms with Crippen molar-refractivity contribution in [3.8, 4) is 0 Å². The molecular formula is C18H12Cl3F4N3O3. The van der Waals surface area contributed by atoms with Crippen LogP contribution in [0.2, 0.25) is 15.1 Å². The highest BCUT2D eigenvalue weighted by atomic mass is 35.5. The summed E-state index contributed by atoms with van der Waals surface area (Å²) in [7, 11) is 0. The van der Waals surface area contributed by atoms with Gasteiger partial charge in [-0.05, 0) is 35.9 Å². The normalized spacial score (nSPS) is 18.4. The zero-order valence-electron chi connectivity index (χ0n) is 15.2. The first-order valence-electron chi connectivity index (χ1n) is 8.42. The van der Waals surface area contributed by atoms with Crippen molar-refractivity contribution in [2.45, 2.75) is 24.7 Å². The van der Waals surface area contributed by atoms with E-state index >= 15 is 0 Å².